The van der Waals surface area contributed by atoms with Crippen LogP contribution in [0.5, 0.6) is 0 Å². The molecule has 0 aromatic carbocycles. The third kappa shape index (κ3) is 17.0. The maximum absolute atomic E-state index is 11.6. The summed E-state index contributed by atoms with van der Waals surface area (Å²) in [5.74, 6) is -0.474. The van der Waals surface area contributed by atoms with E-state index in [-0.39, 0.29) is 24.8 Å². The van der Waals surface area contributed by atoms with Crippen LogP contribution >= 0.6 is 0 Å². The molecule has 0 amide bonds. The van der Waals surface area contributed by atoms with Crippen molar-refractivity contribution in [2.75, 3.05) is 13.2 Å². The lowest BCUT2D eigenvalue weighted by Crippen LogP contribution is -2.09. The summed E-state index contributed by atoms with van der Waals surface area (Å²) in [4.78, 5) is 23.0. The average molecular weight is 341 g/mol. The van der Waals surface area contributed by atoms with Crippen molar-refractivity contribution in [3.05, 3.63) is 11.6 Å². The van der Waals surface area contributed by atoms with Crippen LogP contribution in [0.3, 0.4) is 0 Å². The minimum Gasteiger partial charge on any atom is -0.466 e. The minimum absolute atomic E-state index is 0.213. The lowest BCUT2D eigenvalue weighted by atomic mass is 10.1. The first-order valence-electron chi connectivity index (χ1n) is 9.50. The van der Waals surface area contributed by atoms with E-state index in [2.05, 4.69) is 6.92 Å². The standard InChI is InChI=1S/C20H36O4/c1-4-5-6-7-8-9-10-11-16-23-19(21)13-12-14-20(22)24-17-15-18(2)3/h15H,4-14,16-17H2,1-3H3. The van der Waals surface area contributed by atoms with Crippen LogP contribution < -0.4 is 0 Å². The predicted molar refractivity (Wildman–Crippen MR) is 97.8 cm³/mol. The third-order valence-corrected chi connectivity index (χ3v) is 3.76. The highest BCUT2D eigenvalue weighted by atomic mass is 16.5. The molecule has 4 nitrogen and oxygen atoms in total. The minimum atomic E-state index is -0.261. The zero-order valence-electron chi connectivity index (χ0n) is 15.9. The number of allylic oxidation sites excluding steroid dienone is 1. The van der Waals surface area contributed by atoms with Gasteiger partial charge in [-0.1, -0.05) is 57.4 Å². The summed E-state index contributed by atoms with van der Waals surface area (Å²) in [6.45, 7) is 6.94. The summed E-state index contributed by atoms with van der Waals surface area (Å²) in [6, 6.07) is 0. The molecule has 0 aliphatic rings. The largest absolute Gasteiger partial charge is 0.466 e. The maximum atomic E-state index is 11.6. The Labute approximate surface area is 148 Å². The van der Waals surface area contributed by atoms with Crippen molar-refractivity contribution in [2.24, 2.45) is 0 Å². The molecule has 0 saturated heterocycles. The monoisotopic (exact) mass is 340 g/mol. The van der Waals surface area contributed by atoms with Gasteiger partial charge in [-0.05, 0) is 32.8 Å². The Morgan fingerprint density at radius 1 is 0.750 bits per heavy atom. The molecule has 4 heteroatoms. The van der Waals surface area contributed by atoms with Gasteiger partial charge in [-0.25, -0.2) is 0 Å². The Balaban J connectivity index is 3.38. The number of esters is 2. The summed E-state index contributed by atoms with van der Waals surface area (Å²) in [7, 11) is 0. The summed E-state index contributed by atoms with van der Waals surface area (Å²) < 4.78 is 10.2. The second-order valence-electron chi connectivity index (χ2n) is 6.51. The van der Waals surface area contributed by atoms with Crippen molar-refractivity contribution in [3.63, 3.8) is 0 Å². The van der Waals surface area contributed by atoms with Crippen LogP contribution in [-0.4, -0.2) is 25.2 Å². The van der Waals surface area contributed by atoms with E-state index in [4.69, 9.17) is 9.47 Å². The molecule has 0 heterocycles. The molecule has 0 aromatic heterocycles. The molecule has 0 aliphatic carbocycles. The van der Waals surface area contributed by atoms with Crippen LogP contribution in [0.25, 0.3) is 0 Å². The number of rotatable bonds is 15. The summed E-state index contributed by atoms with van der Waals surface area (Å²) in [6.07, 6.45) is 12.7. The molecule has 140 valence electrons. The molecule has 0 unspecified atom stereocenters. The van der Waals surface area contributed by atoms with Crippen LogP contribution in [0.4, 0.5) is 0 Å². The molecule has 0 fully saturated rings. The molecular weight excluding hydrogens is 304 g/mol. The normalized spacial score (nSPS) is 10.3. The van der Waals surface area contributed by atoms with Gasteiger partial charge in [0.05, 0.1) is 6.61 Å². The molecular formula is C20H36O4. The Kier molecular flexibility index (Phi) is 15.6. The zero-order chi connectivity index (χ0) is 18.0. The molecule has 0 radical (unpaired) electrons. The van der Waals surface area contributed by atoms with Crippen LogP contribution in [0.1, 0.15) is 91.4 Å². The van der Waals surface area contributed by atoms with Gasteiger partial charge in [-0.3, -0.25) is 9.59 Å². The molecule has 0 aliphatic heterocycles. The van der Waals surface area contributed by atoms with Gasteiger partial charge in [0.1, 0.15) is 6.61 Å². The van der Waals surface area contributed by atoms with Gasteiger partial charge in [-0.15, -0.1) is 0 Å². The molecule has 0 saturated carbocycles. The second-order valence-corrected chi connectivity index (χ2v) is 6.51. The van der Waals surface area contributed by atoms with Gasteiger partial charge in [0.2, 0.25) is 0 Å². The second kappa shape index (κ2) is 16.5. The topological polar surface area (TPSA) is 52.6 Å². The van der Waals surface area contributed by atoms with E-state index in [0.29, 0.717) is 19.6 Å². The van der Waals surface area contributed by atoms with Gasteiger partial charge >= 0.3 is 11.9 Å². The van der Waals surface area contributed by atoms with Gasteiger partial charge in [0.15, 0.2) is 0 Å². The summed E-state index contributed by atoms with van der Waals surface area (Å²) >= 11 is 0. The zero-order valence-corrected chi connectivity index (χ0v) is 15.9. The molecule has 0 rings (SSSR count). The first-order valence-corrected chi connectivity index (χ1v) is 9.50. The van der Waals surface area contributed by atoms with Crippen molar-refractivity contribution in [1.29, 1.82) is 0 Å². The van der Waals surface area contributed by atoms with E-state index in [1.165, 1.54) is 38.5 Å². The number of carbonyl (C=O) groups is 2. The number of carbonyl (C=O) groups excluding carboxylic acids is 2. The Morgan fingerprint density at radius 2 is 1.29 bits per heavy atom. The van der Waals surface area contributed by atoms with Crippen LogP contribution in [0, 0.1) is 0 Å². The highest BCUT2D eigenvalue weighted by molar-refractivity contribution is 5.72. The third-order valence-electron chi connectivity index (χ3n) is 3.76. The number of hydrogen-bond donors (Lipinski definition) is 0. The SMILES string of the molecule is CCCCCCCCCCOC(=O)CCCC(=O)OCC=C(C)C. The van der Waals surface area contributed by atoms with Crippen molar-refractivity contribution in [3.8, 4) is 0 Å². The average Bonchev–Trinajstić information content (AvgIpc) is 2.53. The summed E-state index contributed by atoms with van der Waals surface area (Å²) in [5, 5.41) is 0. The molecule has 0 N–H and O–H groups in total. The fourth-order valence-corrected chi connectivity index (χ4v) is 2.24. The first kappa shape index (κ1) is 22.7. The highest BCUT2D eigenvalue weighted by Gasteiger charge is 2.06. The van der Waals surface area contributed by atoms with Crippen molar-refractivity contribution in [1.82, 2.24) is 0 Å². The fraction of sp³-hybridized carbons (Fsp3) is 0.800. The van der Waals surface area contributed by atoms with E-state index in [9.17, 15) is 9.59 Å². The van der Waals surface area contributed by atoms with Crippen LogP contribution in [0.15, 0.2) is 11.6 Å². The quantitative estimate of drug-likeness (QED) is 0.229. The smallest absolute Gasteiger partial charge is 0.306 e. The van der Waals surface area contributed by atoms with Crippen LogP contribution in [-0.2, 0) is 19.1 Å². The van der Waals surface area contributed by atoms with Crippen molar-refractivity contribution >= 4 is 11.9 Å². The number of ether oxygens (including phenoxy) is 2. The van der Waals surface area contributed by atoms with E-state index >= 15 is 0 Å². The summed E-state index contributed by atoms with van der Waals surface area (Å²) in [5.41, 5.74) is 1.12. The van der Waals surface area contributed by atoms with Gasteiger partial charge < -0.3 is 9.47 Å². The van der Waals surface area contributed by atoms with E-state index in [0.717, 1.165) is 18.4 Å². The molecule has 24 heavy (non-hydrogen) atoms. The Hall–Kier alpha value is -1.32. The lowest BCUT2D eigenvalue weighted by Gasteiger charge is -2.05. The van der Waals surface area contributed by atoms with Crippen molar-refractivity contribution in [2.45, 2.75) is 91.4 Å². The van der Waals surface area contributed by atoms with E-state index in [1.54, 1.807) is 0 Å². The molecule has 0 aromatic rings. The lowest BCUT2D eigenvalue weighted by molar-refractivity contribution is -0.145. The number of unbranched alkanes of at least 4 members (excludes halogenated alkanes) is 7. The van der Waals surface area contributed by atoms with Crippen molar-refractivity contribution < 1.29 is 19.1 Å². The van der Waals surface area contributed by atoms with E-state index in [1.807, 2.05) is 19.9 Å². The Bertz CT molecular complexity index is 357. The predicted octanol–water partition coefficient (Wildman–Crippen LogP) is 5.35. The van der Waals surface area contributed by atoms with Gasteiger partial charge in [-0.2, -0.15) is 0 Å². The molecule has 0 bridgehead atoms. The van der Waals surface area contributed by atoms with Gasteiger partial charge in [0, 0.05) is 12.8 Å². The molecule has 0 spiro atoms. The molecule has 0 atom stereocenters. The number of hydrogen-bond acceptors (Lipinski definition) is 4. The first-order chi connectivity index (χ1) is 11.6. The van der Waals surface area contributed by atoms with E-state index < -0.39 is 0 Å². The highest BCUT2D eigenvalue weighted by Crippen LogP contribution is 2.08. The Morgan fingerprint density at radius 3 is 1.88 bits per heavy atom. The van der Waals surface area contributed by atoms with Gasteiger partial charge in [0.25, 0.3) is 0 Å². The maximum Gasteiger partial charge on any atom is 0.306 e. The fourth-order valence-electron chi connectivity index (χ4n) is 2.24. The van der Waals surface area contributed by atoms with Crippen LogP contribution in [0.2, 0.25) is 0 Å².